The van der Waals surface area contributed by atoms with Crippen LogP contribution in [0, 0.1) is 5.82 Å². The number of halogens is 1. The molecule has 164 valence electrons. The third kappa shape index (κ3) is 3.96. The Morgan fingerprint density at radius 1 is 0.909 bits per heavy atom. The van der Waals surface area contributed by atoms with E-state index in [1.807, 2.05) is 36.4 Å². The van der Waals surface area contributed by atoms with Crippen LogP contribution in [0.5, 0.6) is 11.5 Å². The number of methoxy groups -OCH3 is 2. The van der Waals surface area contributed by atoms with Crippen molar-refractivity contribution in [2.45, 2.75) is 0 Å². The maximum absolute atomic E-state index is 13.5. The number of fused-ring (bicyclic) bond motifs is 2. The number of para-hydroxylation sites is 1. The van der Waals surface area contributed by atoms with Crippen LogP contribution in [0.3, 0.4) is 0 Å². The molecule has 8 heteroatoms. The molecule has 0 saturated heterocycles. The van der Waals surface area contributed by atoms with Gasteiger partial charge >= 0.3 is 0 Å². The fourth-order valence-electron chi connectivity index (χ4n) is 3.62. The van der Waals surface area contributed by atoms with Crippen molar-refractivity contribution in [1.29, 1.82) is 0 Å². The number of benzene rings is 3. The maximum Gasteiger partial charge on any atom is 0.258 e. The molecule has 2 heterocycles. The number of ether oxygens (including phenoxy) is 2. The third-order valence-electron chi connectivity index (χ3n) is 5.21. The van der Waals surface area contributed by atoms with Crippen LogP contribution in [-0.4, -0.2) is 30.1 Å². The van der Waals surface area contributed by atoms with Gasteiger partial charge in [-0.2, -0.15) is 0 Å². The van der Waals surface area contributed by atoms with Crippen molar-refractivity contribution in [2.24, 2.45) is 0 Å². The fraction of sp³-hybridized carbons (Fsp3) is 0.0800. The van der Waals surface area contributed by atoms with Gasteiger partial charge in [0, 0.05) is 10.9 Å². The van der Waals surface area contributed by atoms with Crippen LogP contribution >= 0.6 is 11.3 Å². The average molecular weight is 460 g/mol. The van der Waals surface area contributed by atoms with Crippen molar-refractivity contribution in [2.75, 3.05) is 19.5 Å². The summed E-state index contributed by atoms with van der Waals surface area (Å²) in [4.78, 5) is 22.4. The molecule has 0 saturated carbocycles. The average Bonchev–Trinajstić information content (AvgIpc) is 3.23. The quantitative estimate of drug-likeness (QED) is 0.353. The molecular weight excluding hydrogens is 441 g/mol. The molecule has 1 amide bonds. The highest BCUT2D eigenvalue weighted by molar-refractivity contribution is 7.22. The Labute approximate surface area is 192 Å². The Morgan fingerprint density at radius 3 is 2.55 bits per heavy atom. The van der Waals surface area contributed by atoms with Crippen molar-refractivity contribution in [1.82, 2.24) is 9.97 Å². The Hall–Kier alpha value is -4.04. The van der Waals surface area contributed by atoms with Gasteiger partial charge in [-0.25, -0.2) is 14.4 Å². The lowest BCUT2D eigenvalue weighted by Crippen LogP contribution is -2.13. The number of pyridine rings is 1. The highest BCUT2D eigenvalue weighted by atomic mass is 32.1. The lowest BCUT2D eigenvalue weighted by molar-refractivity contribution is 0.102. The van der Waals surface area contributed by atoms with Crippen molar-refractivity contribution in [3.05, 3.63) is 78.1 Å². The van der Waals surface area contributed by atoms with Crippen molar-refractivity contribution < 1.29 is 18.7 Å². The lowest BCUT2D eigenvalue weighted by Gasteiger charge is -2.12. The number of thiazole rings is 1. The van der Waals surface area contributed by atoms with Crippen molar-refractivity contribution in [3.63, 3.8) is 0 Å². The van der Waals surface area contributed by atoms with E-state index in [4.69, 9.17) is 14.5 Å². The molecule has 6 nitrogen and oxygen atoms in total. The first-order valence-electron chi connectivity index (χ1n) is 10.1. The molecule has 0 aliphatic carbocycles. The van der Waals surface area contributed by atoms with Crippen LogP contribution in [0.1, 0.15) is 10.4 Å². The Bertz CT molecular complexity index is 1520. The number of carbonyl (C=O) groups excluding carboxylic acids is 1. The third-order valence-corrected chi connectivity index (χ3v) is 6.14. The van der Waals surface area contributed by atoms with Crippen LogP contribution in [-0.2, 0) is 0 Å². The molecule has 0 aliphatic rings. The molecular formula is C25H18FN3O3S. The second-order valence-corrected chi connectivity index (χ2v) is 8.26. The van der Waals surface area contributed by atoms with E-state index in [0.717, 1.165) is 5.56 Å². The van der Waals surface area contributed by atoms with Gasteiger partial charge in [-0.3, -0.25) is 10.1 Å². The molecule has 0 fully saturated rings. The zero-order valence-corrected chi connectivity index (χ0v) is 18.6. The van der Waals surface area contributed by atoms with E-state index in [2.05, 4.69) is 10.3 Å². The summed E-state index contributed by atoms with van der Waals surface area (Å²) in [6.07, 6.45) is 0. The van der Waals surface area contributed by atoms with E-state index < -0.39 is 0 Å². The Morgan fingerprint density at radius 2 is 1.73 bits per heavy atom. The number of hydrogen-bond acceptors (Lipinski definition) is 6. The van der Waals surface area contributed by atoms with Crippen molar-refractivity contribution in [3.8, 4) is 22.8 Å². The molecule has 5 aromatic rings. The van der Waals surface area contributed by atoms with Gasteiger partial charge in [0.15, 0.2) is 16.6 Å². The van der Waals surface area contributed by atoms with Crippen LogP contribution < -0.4 is 14.8 Å². The van der Waals surface area contributed by atoms with E-state index >= 15 is 0 Å². The normalized spacial score (nSPS) is 11.0. The predicted octanol–water partition coefficient (Wildman–Crippen LogP) is 5.92. The number of anilines is 1. The molecule has 3 aromatic carbocycles. The summed E-state index contributed by atoms with van der Waals surface area (Å²) in [5, 5.41) is 3.96. The fourth-order valence-corrected chi connectivity index (χ4v) is 4.51. The van der Waals surface area contributed by atoms with E-state index in [9.17, 15) is 9.18 Å². The van der Waals surface area contributed by atoms with Crippen LogP contribution in [0.2, 0.25) is 0 Å². The summed E-state index contributed by atoms with van der Waals surface area (Å²) in [6.45, 7) is 0. The smallest absolute Gasteiger partial charge is 0.258 e. The first-order valence-corrected chi connectivity index (χ1v) is 10.9. The summed E-state index contributed by atoms with van der Waals surface area (Å²) < 4.78 is 24.9. The number of rotatable bonds is 5. The maximum atomic E-state index is 13.5. The number of hydrogen-bond donors (Lipinski definition) is 1. The van der Waals surface area contributed by atoms with E-state index in [1.165, 1.54) is 23.5 Å². The van der Waals surface area contributed by atoms with Gasteiger partial charge < -0.3 is 9.47 Å². The number of aromatic nitrogens is 2. The predicted molar refractivity (Wildman–Crippen MR) is 128 cm³/mol. The minimum absolute atomic E-state index is 0.324. The molecule has 0 radical (unpaired) electrons. The molecule has 33 heavy (non-hydrogen) atoms. The Kier molecular flexibility index (Phi) is 5.35. The van der Waals surface area contributed by atoms with E-state index in [-0.39, 0.29) is 11.7 Å². The first-order chi connectivity index (χ1) is 16.1. The summed E-state index contributed by atoms with van der Waals surface area (Å²) in [5.74, 6) is 0.503. The summed E-state index contributed by atoms with van der Waals surface area (Å²) in [7, 11) is 3.14. The number of nitrogens with one attached hydrogen (secondary N) is 1. The zero-order valence-electron chi connectivity index (χ0n) is 17.8. The first kappa shape index (κ1) is 20.8. The van der Waals surface area contributed by atoms with Crippen LogP contribution in [0.4, 0.5) is 9.52 Å². The second kappa shape index (κ2) is 8.48. The molecule has 0 spiro atoms. The second-order valence-electron chi connectivity index (χ2n) is 7.23. The van der Waals surface area contributed by atoms with Crippen LogP contribution in [0.15, 0.2) is 66.7 Å². The molecule has 0 bridgehead atoms. The van der Waals surface area contributed by atoms with E-state index in [1.54, 1.807) is 32.4 Å². The van der Waals surface area contributed by atoms with Gasteiger partial charge in [0.05, 0.1) is 41.2 Å². The van der Waals surface area contributed by atoms with Gasteiger partial charge in [0.1, 0.15) is 5.82 Å². The molecule has 0 atom stereocenters. The van der Waals surface area contributed by atoms with Crippen molar-refractivity contribution >= 4 is 43.5 Å². The highest BCUT2D eigenvalue weighted by Crippen LogP contribution is 2.33. The zero-order chi connectivity index (χ0) is 22.9. The van der Waals surface area contributed by atoms with Crippen LogP contribution in [0.25, 0.3) is 32.4 Å². The number of amides is 1. The number of nitrogens with zero attached hydrogens (tertiary/aromatic N) is 2. The topological polar surface area (TPSA) is 73.3 Å². The summed E-state index contributed by atoms with van der Waals surface area (Å²) in [5.41, 5.74) is 3.16. The Balaban J connectivity index is 1.57. The summed E-state index contributed by atoms with van der Waals surface area (Å²) in [6, 6.07) is 19.0. The lowest BCUT2D eigenvalue weighted by atomic mass is 10.0. The minimum Gasteiger partial charge on any atom is -0.493 e. The monoisotopic (exact) mass is 459 g/mol. The van der Waals surface area contributed by atoms with E-state index in [0.29, 0.717) is 49.0 Å². The largest absolute Gasteiger partial charge is 0.493 e. The standard InChI is InChI=1S/C25H18FN3O3S/c1-31-21-10-7-14(11-22(21)32-2)20-13-17(16-5-3-4-6-18(16)27-20)24(30)29-25-28-19-9-8-15(26)12-23(19)33-25/h3-13H,1-2H3,(H,28,29,30). The van der Waals surface area contributed by atoms with Gasteiger partial charge in [0.25, 0.3) is 5.91 Å². The highest BCUT2D eigenvalue weighted by Gasteiger charge is 2.17. The minimum atomic E-state index is -0.344. The SMILES string of the molecule is COc1ccc(-c2cc(C(=O)Nc3nc4ccc(F)cc4s3)c3ccccc3n2)cc1OC. The molecule has 5 rings (SSSR count). The molecule has 0 aliphatic heterocycles. The molecule has 1 N–H and O–H groups in total. The van der Waals surface area contributed by atoms with Gasteiger partial charge in [0.2, 0.25) is 0 Å². The summed E-state index contributed by atoms with van der Waals surface area (Å²) >= 11 is 1.22. The molecule has 2 aromatic heterocycles. The van der Waals surface area contributed by atoms with Gasteiger partial charge in [-0.05, 0) is 48.5 Å². The number of carbonyl (C=O) groups is 1. The molecule has 0 unspecified atom stereocenters. The van der Waals surface area contributed by atoms with Gasteiger partial charge in [-0.1, -0.05) is 29.5 Å². The van der Waals surface area contributed by atoms with Gasteiger partial charge in [-0.15, -0.1) is 0 Å².